The van der Waals surface area contributed by atoms with Crippen molar-refractivity contribution in [1.29, 1.82) is 0 Å². The molecule has 0 saturated carbocycles. The van der Waals surface area contributed by atoms with Crippen LogP contribution < -0.4 is 4.74 Å². The highest BCUT2D eigenvalue weighted by Gasteiger charge is 2.40. The van der Waals surface area contributed by atoms with Gasteiger partial charge in [-0.25, -0.2) is 0 Å². The van der Waals surface area contributed by atoms with E-state index >= 15 is 0 Å². The Bertz CT molecular complexity index is 757. The van der Waals surface area contributed by atoms with Gasteiger partial charge in [0.1, 0.15) is 11.5 Å². The molecule has 0 fully saturated rings. The molecule has 2 aromatic rings. The fourth-order valence-electron chi connectivity index (χ4n) is 1.86. The van der Waals surface area contributed by atoms with Crippen molar-refractivity contribution in [2.45, 2.75) is 18.5 Å². The van der Waals surface area contributed by atoms with E-state index in [1.165, 1.54) is 0 Å². The quantitative estimate of drug-likeness (QED) is 0.559. The number of rotatable bonds is 2. The molecule has 2 rings (SSSR count). The van der Waals surface area contributed by atoms with Crippen LogP contribution >= 0.6 is 0 Å². The van der Waals surface area contributed by atoms with Crippen molar-refractivity contribution >= 4 is 0 Å². The Kier molecular flexibility index (Phi) is 4.67. The van der Waals surface area contributed by atoms with E-state index in [1.807, 2.05) is 0 Å². The predicted molar refractivity (Wildman–Crippen MR) is 66.8 cm³/mol. The zero-order valence-electron chi connectivity index (χ0n) is 11.8. The smallest absolute Gasteiger partial charge is 0.420 e. The van der Waals surface area contributed by atoms with Gasteiger partial charge in [-0.1, -0.05) is 6.07 Å². The van der Waals surface area contributed by atoms with E-state index in [9.17, 15) is 39.5 Å². The van der Waals surface area contributed by atoms with Crippen molar-refractivity contribution in [3.63, 3.8) is 0 Å². The van der Waals surface area contributed by atoms with E-state index < -0.39 is 46.7 Å². The standard InChI is InChI=1S/C15H6F9O/c16-13(17,18)8-5-6-12(10(7-8)15(22,23)24)25-11-4-2-1-3-9(11)14(19,20)21/h2-7H. The lowest BCUT2D eigenvalue weighted by Gasteiger charge is -2.18. The van der Waals surface area contributed by atoms with E-state index in [0.717, 1.165) is 6.07 Å². The van der Waals surface area contributed by atoms with Crippen molar-refractivity contribution in [2.24, 2.45) is 0 Å². The Morgan fingerprint density at radius 3 is 1.76 bits per heavy atom. The summed E-state index contributed by atoms with van der Waals surface area (Å²) in [6, 6.07) is 4.60. The van der Waals surface area contributed by atoms with Crippen LogP contribution in [0.3, 0.4) is 0 Å². The average molecular weight is 373 g/mol. The molecule has 0 aliphatic carbocycles. The second kappa shape index (κ2) is 6.16. The van der Waals surface area contributed by atoms with Gasteiger partial charge in [-0.3, -0.25) is 0 Å². The lowest BCUT2D eigenvalue weighted by molar-refractivity contribution is -0.143. The van der Waals surface area contributed by atoms with Crippen LogP contribution in [0.25, 0.3) is 0 Å². The number of benzene rings is 2. The molecule has 0 aliphatic rings. The van der Waals surface area contributed by atoms with Crippen molar-refractivity contribution < 1.29 is 44.3 Å². The Morgan fingerprint density at radius 2 is 1.24 bits per heavy atom. The van der Waals surface area contributed by atoms with Gasteiger partial charge in [-0.2, -0.15) is 39.5 Å². The van der Waals surface area contributed by atoms with Gasteiger partial charge < -0.3 is 4.74 Å². The highest BCUT2D eigenvalue weighted by molar-refractivity contribution is 5.45. The summed E-state index contributed by atoms with van der Waals surface area (Å²) >= 11 is 0. The van der Waals surface area contributed by atoms with Gasteiger partial charge in [0.25, 0.3) is 0 Å². The van der Waals surface area contributed by atoms with Crippen LogP contribution in [0.2, 0.25) is 0 Å². The lowest BCUT2D eigenvalue weighted by atomic mass is 10.1. The molecule has 0 amide bonds. The molecule has 0 N–H and O–H groups in total. The molecule has 2 aromatic carbocycles. The van der Waals surface area contributed by atoms with E-state index in [0.29, 0.717) is 18.2 Å². The van der Waals surface area contributed by atoms with Gasteiger partial charge in [-0.05, 0) is 36.4 Å². The summed E-state index contributed by atoms with van der Waals surface area (Å²) < 4.78 is 120. The van der Waals surface area contributed by atoms with E-state index in [4.69, 9.17) is 0 Å². The molecule has 0 spiro atoms. The largest absolute Gasteiger partial charge is 0.456 e. The molecule has 25 heavy (non-hydrogen) atoms. The zero-order valence-corrected chi connectivity index (χ0v) is 11.8. The molecule has 1 radical (unpaired) electrons. The van der Waals surface area contributed by atoms with Gasteiger partial charge in [0.15, 0.2) is 0 Å². The topological polar surface area (TPSA) is 9.23 Å². The first-order valence-electron chi connectivity index (χ1n) is 6.34. The van der Waals surface area contributed by atoms with E-state index in [1.54, 1.807) is 0 Å². The van der Waals surface area contributed by atoms with Crippen molar-refractivity contribution in [3.8, 4) is 11.5 Å². The van der Waals surface area contributed by atoms with Crippen molar-refractivity contribution in [2.75, 3.05) is 0 Å². The van der Waals surface area contributed by atoms with Crippen LogP contribution in [-0.2, 0) is 18.5 Å². The van der Waals surface area contributed by atoms with Crippen LogP contribution in [-0.4, -0.2) is 0 Å². The van der Waals surface area contributed by atoms with Crippen LogP contribution in [0.1, 0.15) is 16.7 Å². The minimum atomic E-state index is -5.27. The third-order valence-corrected chi connectivity index (χ3v) is 2.96. The Balaban J connectivity index is 2.55. The molecular weight excluding hydrogens is 367 g/mol. The van der Waals surface area contributed by atoms with Crippen LogP contribution in [0, 0.1) is 6.07 Å². The minimum absolute atomic E-state index is 0.225. The average Bonchev–Trinajstić information content (AvgIpc) is 2.44. The Morgan fingerprint density at radius 1 is 0.680 bits per heavy atom. The lowest BCUT2D eigenvalue weighted by Crippen LogP contribution is -2.13. The van der Waals surface area contributed by atoms with Gasteiger partial charge in [-0.15, -0.1) is 0 Å². The summed E-state index contributed by atoms with van der Waals surface area (Å²) in [5.74, 6) is -2.17. The number of ether oxygens (including phenoxy) is 1. The van der Waals surface area contributed by atoms with Gasteiger partial charge in [0.05, 0.1) is 16.7 Å². The van der Waals surface area contributed by atoms with Gasteiger partial charge in [0.2, 0.25) is 0 Å². The van der Waals surface area contributed by atoms with Gasteiger partial charge in [0, 0.05) is 0 Å². The van der Waals surface area contributed by atoms with Crippen LogP contribution in [0.15, 0.2) is 36.4 Å². The summed E-state index contributed by atoms with van der Waals surface area (Å²) in [4.78, 5) is 0. The van der Waals surface area contributed by atoms with E-state index in [2.05, 4.69) is 10.8 Å². The Hall–Kier alpha value is -2.39. The number of halogens is 9. The van der Waals surface area contributed by atoms with Gasteiger partial charge >= 0.3 is 18.5 Å². The molecule has 0 aromatic heterocycles. The molecule has 0 aliphatic heterocycles. The molecule has 0 heterocycles. The highest BCUT2D eigenvalue weighted by atomic mass is 19.4. The highest BCUT2D eigenvalue weighted by Crippen LogP contribution is 2.44. The molecule has 0 bridgehead atoms. The predicted octanol–water partition coefficient (Wildman–Crippen LogP) is 6.34. The fraction of sp³-hybridized carbons (Fsp3) is 0.200. The maximum atomic E-state index is 13.0. The second-order valence-corrected chi connectivity index (χ2v) is 4.73. The molecule has 1 nitrogen and oxygen atoms in total. The molecular formula is C15H6F9O. The molecule has 135 valence electrons. The molecule has 0 atom stereocenters. The fourth-order valence-corrected chi connectivity index (χ4v) is 1.86. The van der Waals surface area contributed by atoms with Crippen LogP contribution in [0.5, 0.6) is 11.5 Å². The third kappa shape index (κ3) is 4.37. The normalized spacial score (nSPS) is 13.0. The molecule has 0 unspecified atom stereocenters. The number of alkyl halides is 9. The first-order chi connectivity index (χ1) is 11.3. The Labute approximate surface area is 134 Å². The number of hydrogen-bond acceptors (Lipinski definition) is 1. The summed E-state index contributed by atoms with van der Waals surface area (Å²) in [5, 5.41) is 0. The SMILES string of the molecule is FC(F)(F)c1ccc(Oc2cc[c]cc2C(F)(F)F)c(C(F)(F)F)c1. The minimum Gasteiger partial charge on any atom is -0.456 e. The summed E-state index contributed by atoms with van der Waals surface area (Å²) in [5.41, 5.74) is -4.86. The first kappa shape index (κ1) is 18.9. The summed E-state index contributed by atoms with van der Waals surface area (Å²) in [7, 11) is 0. The number of hydrogen-bond donors (Lipinski definition) is 0. The second-order valence-electron chi connectivity index (χ2n) is 4.73. The van der Waals surface area contributed by atoms with Crippen LogP contribution in [0.4, 0.5) is 39.5 Å². The maximum Gasteiger partial charge on any atom is 0.420 e. The van der Waals surface area contributed by atoms with Crippen molar-refractivity contribution in [3.05, 3.63) is 59.2 Å². The third-order valence-electron chi connectivity index (χ3n) is 2.96. The zero-order chi connectivity index (χ0) is 19.0. The van der Waals surface area contributed by atoms with Crippen molar-refractivity contribution in [1.82, 2.24) is 0 Å². The molecule has 10 heteroatoms. The summed E-state index contributed by atoms with van der Waals surface area (Å²) in [6.07, 6.45) is -15.3. The van der Waals surface area contributed by atoms with E-state index in [-0.39, 0.29) is 12.1 Å². The monoisotopic (exact) mass is 373 g/mol. The summed E-state index contributed by atoms with van der Waals surface area (Å²) in [6.45, 7) is 0. The maximum absolute atomic E-state index is 13.0. The molecule has 0 saturated heterocycles. The first-order valence-corrected chi connectivity index (χ1v) is 6.34.